The number of aromatic nitrogens is 8. The molecule has 4 fully saturated rings. The molecule has 0 radical (unpaired) electrons. The van der Waals surface area contributed by atoms with Crippen molar-refractivity contribution < 1.29 is 53.4 Å². The van der Waals surface area contributed by atoms with Gasteiger partial charge in [-0.1, -0.05) is 37.2 Å². The number of anilines is 3. The normalized spacial score (nSPS) is 21.9. The number of aliphatic hydroxyl groups is 2. The summed E-state index contributed by atoms with van der Waals surface area (Å²) in [7, 11) is 0. The van der Waals surface area contributed by atoms with Gasteiger partial charge in [-0.2, -0.15) is 19.9 Å². The number of aliphatic hydroxyl groups excluding tert-OH is 1. The monoisotopic (exact) mass is 830 g/mol. The van der Waals surface area contributed by atoms with Crippen molar-refractivity contribution in [3.8, 4) is 0 Å². The number of carbonyl (C=O) groups excluding carboxylic acids is 2. The highest BCUT2D eigenvalue weighted by atomic mass is 35.5. The van der Waals surface area contributed by atoms with Crippen LogP contribution >= 0.6 is 11.6 Å². The molecule has 24 heteroatoms. The standard InChI is InChI=1S/C16H14ClN5O4.C12H16N6O4.C4H7NO2.CH2O.CH4/c17-13-12-14(21-16(18)20-13)22(8-19-12)10-6-24-11(26-10)7-25-15(23)9-4-2-1-3-5-9;13-11-15-9(17-12(20)1-2-12)8-10(16-11)18(5-14-8)6-4-21-7(3-19)22-6;5-4(1-2-4)3(6)7;1-2;/h1-5,8,10-11H,6-7H2,(H2,18,20,21);5-7,19-20H,1-4H2,(H3,13,15,16,17);1-2,5H2,(H,6,7);1H2;1H4/t10-,11-;6-,7-;;;/m11.../s1. The number of nitrogens with one attached hydrogen (secondary N) is 1. The van der Waals surface area contributed by atoms with Gasteiger partial charge in [0.25, 0.3) is 0 Å². The Labute approximate surface area is 334 Å². The first-order valence-corrected chi connectivity index (χ1v) is 17.6. The van der Waals surface area contributed by atoms with Gasteiger partial charge in [0.15, 0.2) is 52.8 Å². The van der Waals surface area contributed by atoms with Crippen molar-refractivity contribution >= 4 is 70.4 Å². The molecule has 0 amide bonds. The number of benzene rings is 1. The van der Waals surface area contributed by atoms with Crippen LogP contribution in [0.1, 0.15) is 55.9 Å². The zero-order chi connectivity index (χ0) is 40.9. The van der Waals surface area contributed by atoms with Gasteiger partial charge in [0.05, 0.1) is 38.0 Å². The number of carboxylic acids is 1. The van der Waals surface area contributed by atoms with Gasteiger partial charge in [0.2, 0.25) is 11.9 Å². The molecule has 0 spiro atoms. The number of hydrogen-bond acceptors (Lipinski definition) is 20. The SMILES string of the molecule is C.C=O.NC1(C(=O)O)CC1.Nc1nc(Cl)c2ncn([C@H]3CO[C@@H](COC(=O)c4ccccc4)O3)c2n1.Nc1nc(NC2(O)CC2)c2ncn([C@H]3CO[C@@H](CO)O3)c2n1. The van der Waals surface area contributed by atoms with E-state index in [1.807, 2.05) is 12.9 Å². The quantitative estimate of drug-likeness (QED) is 0.0618. The number of fused-ring (bicyclic) bond motifs is 2. The lowest BCUT2D eigenvalue weighted by molar-refractivity contribution is -0.139. The first kappa shape index (κ1) is 43.5. The number of nitrogens with zero attached hydrogens (tertiary/aromatic N) is 8. The van der Waals surface area contributed by atoms with Crippen molar-refractivity contribution in [2.45, 2.75) is 69.4 Å². The van der Waals surface area contributed by atoms with Gasteiger partial charge in [-0.05, 0) is 37.8 Å². The predicted molar refractivity (Wildman–Crippen MR) is 203 cm³/mol. The summed E-state index contributed by atoms with van der Waals surface area (Å²) in [5.41, 5.74) is 17.1. The average Bonchev–Trinajstić information content (AvgIpc) is 3.73. The topological polar surface area (TPSA) is 335 Å². The van der Waals surface area contributed by atoms with Gasteiger partial charge in [-0.3, -0.25) is 13.9 Å². The fourth-order valence-corrected chi connectivity index (χ4v) is 5.54. The highest BCUT2D eigenvalue weighted by Crippen LogP contribution is 2.37. The number of esters is 1. The Kier molecular flexibility index (Phi) is 13.7. The summed E-state index contributed by atoms with van der Waals surface area (Å²) >= 11 is 6.02. The van der Waals surface area contributed by atoms with E-state index in [-0.39, 0.29) is 50.9 Å². The lowest BCUT2D eigenvalue weighted by atomic mass is 10.2. The van der Waals surface area contributed by atoms with Gasteiger partial charge in [0.1, 0.15) is 30.2 Å². The van der Waals surface area contributed by atoms with Crippen LogP contribution in [0.2, 0.25) is 5.15 Å². The third kappa shape index (κ3) is 10.1. The van der Waals surface area contributed by atoms with E-state index >= 15 is 0 Å². The van der Waals surface area contributed by atoms with Gasteiger partial charge in [0, 0.05) is 0 Å². The van der Waals surface area contributed by atoms with E-state index < -0.39 is 48.2 Å². The van der Waals surface area contributed by atoms with Crippen molar-refractivity contribution in [1.82, 2.24) is 39.0 Å². The van der Waals surface area contributed by atoms with Crippen LogP contribution in [0.25, 0.3) is 22.3 Å². The number of nitrogen functional groups attached to an aromatic ring is 2. The first-order valence-electron chi connectivity index (χ1n) is 17.2. The van der Waals surface area contributed by atoms with Crippen LogP contribution in [-0.4, -0.2) is 123 Å². The number of ether oxygens (including phenoxy) is 5. The van der Waals surface area contributed by atoms with E-state index in [1.54, 1.807) is 39.7 Å². The Morgan fingerprint density at radius 3 is 1.98 bits per heavy atom. The molecule has 4 aromatic heterocycles. The fourth-order valence-electron chi connectivity index (χ4n) is 5.32. The molecule has 312 valence electrons. The number of carbonyl (C=O) groups is 3. The van der Waals surface area contributed by atoms with Gasteiger partial charge in [-0.25, -0.2) is 14.8 Å². The minimum atomic E-state index is -0.938. The molecule has 4 atom stereocenters. The van der Waals surface area contributed by atoms with Gasteiger partial charge >= 0.3 is 11.9 Å². The molecule has 10 N–H and O–H groups in total. The molecule has 9 rings (SSSR count). The summed E-state index contributed by atoms with van der Waals surface area (Å²) in [4.78, 5) is 54.7. The van der Waals surface area contributed by atoms with Crippen LogP contribution in [0.5, 0.6) is 0 Å². The van der Waals surface area contributed by atoms with Crippen LogP contribution in [0.4, 0.5) is 17.7 Å². The van der Waals surface area contributed by atoms with Crippen molar-refractivity contribution in [2.24, 2.45) is 5.73 Å². The number of halogens is 1. The minimum absolute atomic E-state index is 0. The zero-order valence-corrected chi connectivity index (χ0v) is 30.8. The fraction of sp³-hybridized carbons (Fsp3) is 0.441. The Balaban J connectivity index is 0.000000181. The maximum atomic E-state index is 12.0. The molecular formula is C34H43ClN12O11. The smallest absolute Gasteiger partial charge is 0.338 e. The second-order valence-corrected chi connectivity index (χ2v) is 13.3. The molecule has 4 aliphatic rings. The Morgan fingerprint density at radius 2 is 1.45 bits per heavy atom. The van der Waals surface area contributed by atoms with Crippen molar-refractivity contribution in [1.29, 1.82) is 0 Å². The lowest BCUT2D eigenvalue weighted by Gasteiger charge is -2.13. The molecule has 2 aliphatic carbocycles. The molecule has 2 saturated carbocycles. The third-order valence-corrected chi connectivity index (χ3v) is 8.98. The Morgan fingerprint density at radius 1 is 0.897 bits per heavy atom. The number of hydrogen-bond donors (Lipinski definition) is 7. The van der Waals surface area contributed by atoms with E-state index in [0.717, 1.165) is 0 Å². The molecule has 0 bridgehead atoms. The maximum absolute atomic E-state index is 12.0. The Bertz CT molecular complexity index is 2200. The second-order valence-electron chi connectivity index (χ2n) is 12.9. The van der Waals surface area contributed by atoms with Gasteiger partial charge in [-0.15, -0.1) is 0 Å². The van der Waals surface area contributed by atoms with E-state index in [0.29, 0.717) is 59.4 Å². The molecule has 2 aliphatic heterocycles. The third-order valence-electron chi connectivity index (χ3n) is 8.72. The van der Waals surface area contributed by atoms with Crippen molar-refractivity contribution in [3.63, 3.8) is 0 Å². The number of aliphatic carboxylic acids is 1. The number of carboxylic acid groups (broad SMARTS) is 1. The minimum Gasteiger partial charge on any atom is -0.480 e. The largest absolute Gasteiger partial charge is 0.480 e. The number of rotatable bonds is 9. The maximum Gasteiger partial charge on any atom is 0.338 e. The molecule has 6 heterocycles. The van der Waals surface area contributed by atoms with E-state index in [4.69, 9.17) is 67.5 Å². The second kappa shape index (κ2) is 18.3. The van der Waals surface area contributed by atoms with E-state index in [1.165, 1.54) is 6.33 Å². The van der Waals surface area contributed by atoms with Crippen LogP contribution in [0, 0.1) is 0 Å². The first-order chi connectivity index (χ1) is 27.3. The van der Waals surface area contributed by atoms with Crippen LogP contribution in [-0.2, 0) is 33.3 Å². The number of imidazole rings is 2. The summed E-state index contributed by atoms with van der Waals surface area (Å²) in [5, 5.41) is 30.3. The van der Waals surface area contributed by atoms with Crippen LogP contribution < -0.4 is 22.5 Å². The molecule has 23 nitrogen and oxygen atoms in total. The summed E-state index contributed by atoms with van der Waals surface area (Å²) in [6.45, 7) is 2.25. The average molecular weight is 831 g/mol. The molecule has 58 heavy (non-hydrogen) atoms. The molecule has 0 unspecified atom stereocenters. The molecule has 5 aromatic rings. The van der Waals surface area contributed by atoms with Crippen LogP contribution in [0.3, 0.4) is 0 Å². The molecule has 1 aromatic carbocycles. The van der Waals surface area contributed by atoms with Crippen molar-refractivity contribution in [3.05, 3.63) is 53.7 Å². The number of nitrogens with two attached hydrogens (primary N) is 3. The lowest BCUT2D eigenvalue weighted by Crippen LogP contribution is -2.31. The predicted octanol–water partition coefficient (Wildman–Crippen LogP) is 0.971. The summed E-state index contributed by atoms with van der Waals surface area (Å²) < 4.78 is 30.7. The van der Waals surface area contributed by atoms with E-state index in [2.05, 4.69) is 35.2 Å². The summed E-state index contributed by atoms with van der Waals surface area (Å²) in [6, 6.07) is 8.69. The van der Waals surface area contributed by atoms with Crippen LogP contribution in [0.15, 0.2) is 43.0 Å². The van der Waals surface area contributed by atoms with Gasteiger partial charge < -0.3 is 66.3 Å². The Hall–Kier alpha value is -5.66. The highest BCUT2D eigenvalue weighted by Gasteiger charge is 2.46. The molecular weight excluding hydrogens is 788 g/mol. The highest BCUT2D eigenvalue weighted by molar-refractivity contribution is 6.33. The molecule has 2 saturated heterocycles. The summed E-state index contributed by atoms with van der Waals surface area (Å²) in [6.07, 6.45) is 3.36. The van der Waals surface area contributed by atoms with E-state index in [9.17, 15) is 14.7 Å². The summed E-state index contributed by atoms with van der Waals surface area (Å²) in [5.74, 6) is -0.817. The van der Waals surface area contributed by atoms with Crippen molar-refractivity contribution in [2.75, 3.05) is 43.2 Å². The zero-order valence-electron chi connectivity index (χ0n) is 30.0.